The van der Waals surface area contributed by atoms with Gasteiger partial charge in [-0.2, -0.15) is 0 Å². The molecule has 0 saturated heterocycles. The van der Waals surface area contributed by atoms with Gasteiger partial charge < -0.3 is 9.84 Å². The van der Waals surface area contributed by atoms with Crippen molar-refractivity contribution in [2.45, 2.75) is 58.0 Å². The third-order valence-corrected chi connectivity index (χ3v) is 5.10. The molecule has 0 bridgehead atoms. The first-order valence-corrected chi connectivity index (χ1v) is 8.03. The van der Waals surface area contributed by atoms with Gasteiger partial charge in [-0.15, -0.1) is 0 Å². The topological polar surface area (TPSA) is 29.5 Å². The molecule has 0 unspecified atom stereocenters. The minimum absolute atomic E-state index is 0.193. The van der Waals surface area contributed by atoms with E-state index in [9.17, 15) is 5.11 Å². The number of hydrogen-bond donors (Lipinski definition) is 1. The van der Waals surface area contributed by atoms with Crippen LogP contribution >= 0.6 is 0 Å². The molecule has 0 heterocycles. The summed E-state index contributed by atoms with van der Waals surface area (Å²) in [6.45, 7) is 4.50. The van der Waals surface area contributed by atoms with Crippen molar-refractivity contribution in [2.75, 3.05) is 7.11 Å². The Kier molecular flexibility index (Phi) is 5.47. The molecule has 1 aliphatic rings. The van der Waals surface area contributed by atoms with E-state index in [-0.39, 0.29) is 6.10 Å². The maximum absolute atomic E-state index is 10.8. The van der Waals surface area contributed by atoms with Gasteiger partial charge in [0.25, 0.3) is 0 Å². The highest BCUT2D eigenvalue weighted by molar-refractivity contribution is 5.30. The van der Waals surface area contributed by atoms with Gasteiger partial charge in [-0.05, 0) is 42.4 Å². The van der Waals surface area contributed by atoms with E-state index < -0.39 is 0 Å². The first-order chi connectivity index (χ1) is 9.71. The van der Waals surface area contributed by atoms with Crippen molar-refractivity contribution in [1.29, 1.82) is 0 Å². The van der Waals surface area contributed by atoms with E-state index in [1.807, 2.05) is 12.1 Å². The van der Waals surface area contributed by atoms with Crippen molar-refractivity contribution in [3.63, 3.8) is 0 Å². The molecule has 2 rings (SSSR count). The molecule has 112 valence electrons. The molecule has 1 N–H and O–H groups in total. The molecule has 2 nitrogen and oxygen atoms in total. The number of methoxy groups -OCH3 is 1. The average molecular weight is 276 g/mol. The van der Waals surface area contributed by atoms with Crippen LogP contribution in [0.5, 0.6) is 5.75 Å². The highest BCUT2D eigenvalue weighted by Crippen LogP contribution is 2.41. The lowest BCUT2D eigenvalue weighted by Crippen LogP contribution is -2.36. The second kappa shape index (κ2) is 7.12. The van der Waals surface area contributed by atoms with E-state index >= 15 is 0 Å². The first kappa shape index (κ1) is 15.4. The van der Waals surface area contributed by atoms with Crippen molar-refractivity contribution >= 4 is 0 Å². The Morgan fingerprint density at radius 3 is 2.35 bits per heavy atom. The van der Waals surface area contributed by atoms with Crippen LogP contribution in [0.3, 0.4) is 0 Å². The molecule has 1 aliphatic carbocycles. The lowest BCUT2D eigenvalue weighted by atomic mass is 9.69. The summed E-state index contributed by atoms with van der Waals surface area (Å²) in [5.74, 6) is 2.30. The second-order valence-corrected chi connectivity index (χ2v) is 6.04. The van der Waals surface area contributed by atoms with E-state index in [0.29, 0.717) is 17.8 Å². The molecule has 0 aliphatic heterocycles. The molecule has 0 amide bonds. The van der Waals surface area contributed by atoms with Gasteiger partial charge >= 0.3 is 0 Å². The van der Waals surface area contributed by atoms with E-state index in [4.69, 9.17) is 4.74 Å². The SMILES string of the molecule is CCC(CC)[C@H]1CCC[C@@H](c2ccc(OC)cc2)[C@H]1O. The maximum Gasteiger partial charge on any atom is 0.118 e. The van der Waals surface area contributed by atoms with Crippen LogP contribution in [0.4, 0.5) is 0 Å². The lowest BCUT2D eigenvalue weighted by Gasteiger charge is -2.39. The van der Waals surface area contributed by atoms with E-state index in [0.717, 1.165) is 12.2 Å². The number of aliphatic hydroxyl groups excluding tert-OH is 1. The van der Waals surface area contributed by atoms with Crippen LogP contribution in [0.15, 0.2) is 24.3 Å². The van der Waals surface area contributed by atoms with Crippen molar-refractivity contribution in [3.8, 4) is 5.75 Å². The molecule has 0 radical (unpaired) electrons. The standard InChI is InChI=1S/C18H28O2/c1-4-13(5-2)16-7-6-8-17(18(16)19)14-9-11-15(20-3)12-10-14/h9-13,16-19H,4-8H2,1-3H3/t16-,17+,18+/m1/s1. The summed E-state index contributed by atoms with van der Waals surface area (Å²) in [5, 5.41) is 10.8. The van der Waals surface area contributed by atoms with Crippen LogP contribution in [0.25, 0.3) is 0 Å². The predicted octanol–water partition coefficient (Wildman–Crippen LogP) is 4.38. The van der Waals surface area contributed by atoms with Gasteiger partial charge in [0.05, 0.1) is 13.2 Å². The van der Waals surface area contributed by atoms with Crippen molar-refractivity contribution < 1.29 is 9.84 Å². The number of ether oxygens (including phenoxy) is 1. The van der Waals surface area contributed by atoms with Crippen LogP contribution in [-0.4, -0.2) is 18.3 Å². The van der Waals surface area contributed by atoms with Crippen LogP contribution in [-0.2, 0) is 0 Å². The molecule has 3 atom stereocenters. The minimum atomic E-state index is -0.193. The van der Waals surface area contributed by atoms with E-state index in [1.54, 1.807) is 7.11 Å². The van der Waals surface area contributed by atoms with E-state index in [2.05, 4.69) is 26.0 Å². The van der Waals surface area contributed by atoms with Crippen LogP contribution in [0.1, 0.15) is 57.4 Å². The third-order valence-electron chi connectivity index (χ3n) is 5.10. The molecule has 2 heteroatoms. The average Bonchev–Trinajstić information content (AvgIpc) is 2.50. The fourth-order valence-corrected chi connectivity index (χ4v) is 3.84. The summed E-state index contributed by atoms with van der Waals surface area (Å²) in [7, 11) is 1.69. The van der Waals surface area contributed by atoms with Gasteiger partial charge in [0.15, 0.2) is 0 Å². The van der Waals surface area contributed by atoms with Crippen LogP contribution in [0, 0.1) is 11.8 Å². The normalized spacial score (nSPS) is 26.8. The zero-order valence-corrected chi connectivity index (χ0v) is 13.0. The second-order valence-electron chi connectivity index (χ2n) is 6.04. The zero-order chi connectivity index (χ0) is 14.5. The molecule has 0 aromatic heterocycles. The predicted molar refractivity (Wildman–Crippen MR) is 83.2 cm³/mol. The Labute approximate surface area is 123 Å². The summed E-state index contributed by atoms with van der Waals surface area (Å²) >= 11 is 0. The van der Waals surface area contributed by atoms with Gasteiger partial charge in [0.1, 0.15) is 5.75 Å². The minimum Gasteiger partial charge on any atom is -0.497 e. The Morgan fingerprint density at radius 1 is 1.15 bits per heavy atom. The highest BCUT2D eigenvalue weighted by atomic mass is 16.5. The smallest absolute Gasteiger partial charge is 0.118 e. The number of aliphatic hydroxyl groups is 1. The summed E-state index contributed by atoms with van der Waals surface area (Å²) < 4.78 is 5.21. The summed E-state index contributed by atoms with van der Waals surface area (Å²) in [4.78, 5) is 0. The molecule has 1 aromatic rings. The van der Waals surface area contributed by atoms with Gasteiger partial charge in [-0.25, -0.2) is 0 Å². The number of benzene rings is 1. The quantitative estimate of drug-likeness (QED) is 0.865. The number of rotatable bonds is 5. The molecule has 20 heavy (non-hydrogen) atoms. The lowest BCUT2D eigenvalue weighted by molar-refractivity contribution is 0.0162. The Balaban J connectivity index is 2.14. The summed E-state index contributed by atoms with van der Waals surface area (Å²) in [5.41, 5.74) is 1.26. The van der Waals surface area contributed by atoms with Crippen molar-refractivity contribution in [3.05, 3.63) is 29.8 Å². The van der Waals surface area contributed by atoms with E-state index in [1.165, 1.54) is 31.2 Å². The summed E-state index contributed by atoms with van der Waals surface area (Å²) in [6, 6.07) is 8.23. The summed E-state index contributed by atoms with van der Waals surface area (Å²) in [6.07, 6.45) is 5.67. The monoisotopic (exact) mass is 276 g/mol. The largest absolute Gasteiger partial charge is 0.497 e. The van der Waals surface area contributed by atoms with Crippen LogP contribution in [0.2, 0.25) is 0 Å². The Hall–Kier alpha value is -1.02. The van der Waals surface area contributed by atoms with Gasteiger partial charge in [-0.3, -0.25) is 0 Å². The maximum atomic E-state index is 10.8. The molecular weight excluding hydrogens is 248 g/mol. The fraction of sp³-hybridized carbons (Fsp3) is 0.667. The molecule has 1 saturated carbocycles. The van der Waals surface area contributed by atoms with Gasteiger partial charge in [0.2, 0.25) is 0 Å². The zero-order valence-electron chi connectivity index (χ0n) is 13.0. The highest BCUT2D eigenvalue weighted by Gasteiger charge is 2.35. The van der Waals surface area contributed by atoms with Crippen LogP contribution < -0.4 is 4.74 Å². The van der Waals surface area contributed by atoms with Gasteiger partial charge in [-0.1, -0.05) is 45.2 Å². The van der Waals surface area contributed by atoms with Crippen molar-refractivity contribution in [1.82, 2.24) is 0 Å². The molecule has 0 spiro atoms. The third kappa shape index (κ3) is 3.17. The van der Waals surface area contributed by atoms with Crippen molar-refractivity contribution in [2.24, 2.45) is 11.8 Å². The Morgan fingerprint density at radius 2 is 1.80 bits per heavy atom. The number of hydrogen-bond acceptors (Lipinski definition) is 2. The molecular formula is C18H28O2. The molecule has 1 aromatic carbocycles. The molecule has 1 fully saturated rings. The fourth-order valence-electron chi connectivity index (χ4n) is 3.84. The first-order valence-electron chi connectivity index (χ1n) is 8.03. The Bertz CT molecular complexity index is 394. The van der Waals surface area contributed by atoms with Gasteiger partial charge in [0, 0.05) is 5.92 Å².